The minimum atomic E-state index is 0.443. The average Bonchev–Trinajstić information content (AvgIpc) is 2.55. The Morgan fingerprint density at radius 3 is 2.38 bits per heavy atom. The van der Waals surface area contributed by atoms with Crippen LogP contribution in [0.5, 0.6) is 0 Å². The van der Waals surface area contributed by atoms with Crippen LogP contribution in [-0.2, 0) is 4.74 Å². The Morgan fingerprint density at radius 2 is 1.92 bits per heavy atom. The second-order valence-electron chi connectivity index (χ2n) is 4.51. The minimum absolute atomic E-state index is 0.443. The topological polar surface area (TPSA) is 12.5 Å². The van der Waals surface area contributed by atoms with E-state index < -0.39 is 0 Å². The largest absolute Gasteiger partial charge is 0.380 e. The number of hydrogen-bond acceptors (Lipinski definition) is 2. The summed E-state index contributed by atoms with van der Waals surface area (Å²) in [4.78, 5) is 2.21. The van der Waals surface area contributed by atoms with Crippen LogP contribution >= 0.6 is 0 Å². The second kappa shape index (κ2) is 5.61. The molecule has 0 aliphatic heterocycles. The molecule has 1 aliphatic carbocycles. The summed E-state index contributed by atoms with van der Waals surface area (Å²) in [5.74, 6) is 0.935. The smallest absolute Gasteiger partial charge is 0.0700 e. The van der Waals surface area contributed by atoms with Gasteiger partial charge in [0.2, 0.25) is 0 Å². The molecule has 0 aromatic carbocycles. The predicted octanol–water partition coefficient (Wildman–Crippen LogP) is 2.14. The SMILES string of the molecule is COC(CC1CCCC1)CN(C)C. The van der Waals surface area contributed by atoms with Crippen LogP contribution in [0.2, 0.25) is 0 Å². The van der Waals surface area contributed by atoms with Crippen LogP contribution in [0.3, 0.4) is 0 Å². The Morgan fingerprint density at radius 1 is 1.31 bits per heavy atom. The molecular formula is C11H23NO. The van der Waals surface area contributed by atoms with Crippen molar-refractivity contribution in [3.8, 4) is 0 Å². The number of likely N-dealkylation sites (N-methyl/N-ethyl adjacent to an activating group) is 1. The lowest BCUT2D eigenvalue weighted by molar-refractivity contribution is 0.0592. The molecule has 13 heavy (non-hydrogen) atoms. The van der Waals surface area contributed by atoms with E-state index in [1.807, 2.05) is 7.11 Å². The lowest BCUT2D eigenvalue weighted by Crippen LogP contribution is -2.29. The maximum Gasteiger partial charge on any atom is 0.0700 e. The predicted molar refractivity (Wildman–Crippen MR) is 55.9 cm³/mol. The van der Waals surface area contributed by atoms with Crippen LogP contribution in [0.15, 0.2) is 0 Å². The van der Waals surface area contributed by atoms with Gasteiger partial charge in [-0.3, -0.25) is 0 Å². The van der Waals surface area contributed by atoms with E-state index in [0.717, 1.165) is 12.5 Å². The first-order valence-electron chi connectivity index (χ1n) is 5.40. The molecule has 0 spiro atoms. The van der Waals surface area contributed by atoms with E-state index in [0.29, 0.717) is 6.10 Å². The quantitative estimate of drug-likeness (QED) is 0.650. The van der Waals surface area contributed by atoms with E-state index >= 15 is 0 Å². The number of ether oxygens (including phenoxy) is 1. The first-order valence-corrected chi connectivity index (χ1v) is 5.40. The monoisotopic (exact) mass is 185 g/mol. The molecule has 78 valence electrons. The molecule has 0 heterocycles. The molecule has 0 saturated heterocycles. The zero-order valence-electron chi connectivity index (χ0n) is 9.25. The fraction of sp³-hybridized carbons (Fsp3) is 1.00. The maximum atomic E-state index is 5.48. The van der Waals surface area contributed by atoms with Gasteiger partial charge in [0.1, 0.15) is 0 Å². The van der Waals surface area contributed by atoms with E-state index in [-0.39, 0.29) is 0 Å². The number of methoxy groups -OCH3 is 1. The van der Waals surface area contributed by atoms with Gasteiger partial charge in [-0.1, -0.05) is 25.7 Å². The molecule has 0 radical (unpaired) electrons. The van der Waals surface area contributed by atoms with Crippen LogP contribution in [-0.4, -0.2) is 38.8 Å². The van der Waals surface area contributed by atoms with Crippen molar-refractivity contribution >= 4 is 0 Å². The van der Waals surface area contributed by atoms with Crippen LogP contribution in [0.1, 0.15) is 32.1 Å². The molecule has 0 bridgehead atoms. The lowest BCUT2D eigenvalue weighted by atomic mass is 10.00. The average molecular weight is 185 g/mol. The third kappa shape index (κ3) is 4.10. The van der Waals surface area contributed by atoms with Crippen LogP contribution in [0.25, 0.3) is 0 Å². The highest BCUT2D eigenvalue weighted by Gasteiger charge is 2.20. The van der Waals surface area contributed by atoms with Crippen LogP contribution < -0.4 is 0 Å². The van der Waals surface area contributed by atoms with Crippen molar-refractivity contribution < 1.29 is 4.74 Å². The van der Waals surface area contributed by atoms with Gasteiger partial charge < -0.3 is 9.64 Å². The third-order valence-electron chi connectivity index (χ3n) is 2.97. The van der Waals surface area contributed by atoms with Crippen molar-refractivity contribution in [1.29, 1.82) is 0 Å². The van der Waals surface area contributed by atoms with Gasteiger partial charge in [-0.05, 0) is 26.4 Å². The lowest BCUT2D eigenvalue weighted by Gasteiger charge is -2.22. The van der Waals surface area contributed by atoms with Gasteiger partial charge in [-0.25, -0.2) is 0 Å². The summed E-state index contributed by atoms with van der Waals surface area (Å²) in [5.41, 5.74) is 0. The highest BCUT2D eigenvalue weighted by molar-refractivity contribution is 4.72. The van der Waals surface area contributed by atoms with Gasteiger partial charge in [0, 0.05) is 13.7 Å². The van der Waals surface area contributed by atoms with Crippen LogP contribution in [0.4, 0.5) is 0 Å². The first-order chi connectivity index (χ1) is 6.22. The molecule has 1 fully saturated rings. The van der Waals surface area contributed by atoms with Crippen molar-refractivity contribution in [3.63, 3.8) is 0 Å². The summed E-state index contributed by atoms with van der Waals surface area (Å²) < 4.78 is 5.48. The van der Waals surface area contributed by atoms with Gasteiger partial charge in [0.05, 0.1) is 6.10 Å². The molecule has 0 aromatic heterocycles. The second-order valence-corrected chi connectivity index (χ2v) is 4.51. The molecule has 1 saturated carbocycles. The highest BCUT2D eigenvalue weighted by Crippen LogP contribution is 2.29. The van der Waals surface area contributed by atoms with Crippen molar-refractivity contribution in [1.82, 2.24) is 4.90 Å². The van der Waals surface area contributed by atoms with E-state index in [1.165, 1.54) is 32.1 Å². The summed E-state index contributed by atoms with van der Waals surface area (Å²) >= 11 is 0. The molecule has 0 aromatic rings. The zero-order chi connectivity index (χ0) is 9.68. The van der Waals surface area contributed by atoms with Crippen molar-refractivity contribution in [2.24, 2.45) is 5.92 Å². The molecule has 1 rings (SSSR count). The summed E-state index contributed by atoms with van der Waals surface area (Å²) in [6, 6.07) is 0. The van der Waals surface area contributed by atoms with Gasteiger partial charge in [0.25, 0.3) is 0 Å². The summed E-state index contributed by atoms with van der Waals surface area (Å²) in [7, 11) is 6.06. The first kappa shape index (κ1) is 11.0. The van der Waals surface area contributed by atoms with E-state index in [4.69, 9.17) is 4.74 Å². The molecule has 1 atom stereocenters. The Hall–Kier alpha value is -0.0800. The van der Waals surface area contributed by atoms with Crippen molar-refractivity contribution in [3.05, 3.63) is 0 Å². The van der Waals surface area contributed by atoms with Crippen LogP contribution in [0, 0.1) is 5.92 Å². The Bertz CT molecular complexity index is 130. The fourth-order valence-corrected chi connectivity index (χ4v) is 2.27. The summed E-state index contributed by atoms with van der Waals surface area (Å²) in [6.45, 7) is 1.06. The van der Waals surface area contributed by atoms with Gasteiger partial charge in [0.15, 0.2) is 0 Å². The summed E-state index contributed by atoms with van der Waals surface area (Å²) in [6.07, 6.45) is 7.42. The molecule has 0 N–H and O–H groups in total. The molecule has 2 nitrogen and oxygen atoms in total. The maximum absolute atomic E-state index is 5.48. The Balaban J connectivity index is 2.21. The third-order valence-corrected chi connectivity index (χ3v) is 2.97. The zero-order valence-corrected chi connectivity index (χ0v) is 9.25. The number of rotatable bonds is 5. The van der Waals surface area contributed by atoms with Crippen molar-refractivity contribution in [2.45, 2.75) is 38.2 Å². The molecule has 2 heteroatoms. The number of nitrogens with zero attached hydrogens (tertiary/aromatic N) is 1. The van der Waals surface area contributed by atoms with E-state index in [9.17, 15) is 0 Å². The molecular weight excluding hydrogens is 162 g/mol. The fourth-order valence-electron chi connectivity index (χ4n) is 2.27. The molecule has 0 amide bonds. The minimum Gasteiger partial charge on any atom is -0.380 e. The number of hydrogen-bond donors (Lipinski definition) is 0. The van der Waals surface area contributed by atoms with Gasteiger partial charge >= 0.3 is 0 Å². The highest BCUT2D eigenvalue weighted by atomic mass is 16.5. The van der Waals surface area contributed by atoms with Crippen molar-refractivity contribution in [2.75, 3.05) is 27.7 Å². The molecule has 1 unspecified atom stereocenters. The van der Waals surface area contributed by atoms with Gasteiger partial charge in [-0.15, -0.1) is 0 Å². The Kier molecular flexibility index (Phi) is 4.74. The van der Waals surface area contributed by atoms with E-state index in [2.05, 4.69) is 19.0 Å². The Labute approximate surface area is 82.3 Å². The normalized spacial score (nSPS) is 21.2. The standard InChI is InChI=1S/C11H23NO/c1-12(2)9-11(13-3)8-10-6-4-5-7-10/h10-11H,4-9H2,1-3H3. The molecule has 1 aliphatic rings. The van der Waals surface area contributed by atoms with Gasteiger partial charge in [-0.2, -0.15) is 0 Å². The summed E-state index contributed by atoms with van der Waals surface area (Å²) in [5, 5.41) is 0. The van der Waals surface area contributed by atoms with E-state index in [1.54, 1.807) is 0 Å².